The molecule has 0 saturated carbocycles. The van der Waals surface area contributed by atoms with E-state index in [1.807, 2.05) is 0 Å². The number of aromatic nitrogens is 1. The molecule has 0 aliphatic carbocycles. The Hall–Kier alpha value is -1.78. The van der Waals surface area contributed by atoms with E-state index in [1.54, 1.807) is 6.92 Å². The molecule has 1 aromatic rings. The number of ether oxygens (including phenoxy) is 1. The molecule has 1 heterocycles. The summed E-state index contributed by atoms with van der Waals surface area (Å²) in [4.78, 5) is 14.3. The fraction of sp³-hybridized carbons (Fsp3) is 0.250. The molecule has 3 N–H and O–H groups in total. The number of methoxy groups -OCH3 is 1. The Morgan fingerprint density at radius 2 is 2.31 bits per heavy atom. The lowest BCUT2D eigenvalue weighted by molar-refractivity contribution is 0.0691. The third-order valence-electron chi connectivity index (χ3n) is 1.65. The zero-order valence-corrected chi connectivity index (χ0v) is 7.37. The molecule has 0 spiro atoms. The third-order valence-corrected chi connectivity index (χ3v) is 1.65. The van der Waals surface area contributed by atoms with Gasteiger partial charge in [0, 0.05) is 11.8 Å². The van der Waals surface area contributed by atoms with Gasteiger partial charge in [-0.3, -0.25) is 0 Å². The molecule has 0 bridgehead atoms. The van der Waals surface area contributed by atoms with E-state index in [2.05, 4.69) is 4.98 Å². The standard InChI is InChI=1S/C8H10N2O3/c1-4-3-10-6(8(11)12)5(9)7(4)13-2/h3H,9H2,1-2H3,(H,11,12). The summed E-state index contributed by atoms with van der Waals surface area (Å²) in [5, 5.41) is 8.68. The van der Waals surface area contributed by atoms with Crippen LogP contribution >= 0.6 is 0 Å². The van der Waals surface area contributed by atoms with Gasteiger partial charge in [-0.25, -0.2) is 9.78 Å². The van der Waals surface area contributed by atoms with Crippen molar-refractivity contribution in [2.24, 2.45) is 0 Å². The number of rotatable bonds is 2. The van der Waals surface area contributed by atoms with E-state index in [4.69, 9.17) is 15.6 Å². The first-order chi connectivity index (χ1) is 6.07. The van der Waals surface area contributed by atoms with Gasteiger partial charge in [0.05, 0.1) is 7.11 Å². The highest BCUT2D eigenvalue weighted by Gasteiger charge is 2.15. The summed E-state index contributed by atoms with van der Waals surface area (Å²) < 4.78 is 4.94. The molecule has 70 valence electrons. The average Bonchev–Trinajstić information content (AvgIpc) is 2.04. The molecule has 0 amide bonds. The predicted octanol–water partition coefficient (Wildman–Crippen LogP) is 0.679. The third kappa shape index (κ3) is 1.53. The summed E-state index contributed by atoms with van der Waals surface area (Å²) >= 11 is 0. The molecule has 0 aliphatic heterocycles. The van der Waals surface area contributed by atoms with Gasteiger partial charge in [-0.05, 0) is 6.92 Å². The number of aryl methyl sites for hydroxylation is 1. The molecule has 0 aromatic carbocycles. The van der Waals surface area contributed by atoms with E-state index >= 15 is 0 Å². The Morgan fingerprint density at radius 1 is 1.69 bits per heavy atom. The van der Waals surface area contributed by atoms with Crippen LogP contribution in [0.25, 0.3) is 0 Å². The van der Waals surface area contributed by atoms with Crippen molar-refractivity contribution in [3.05, 3.63) is 17.5 Å². The van der Waals surface area contributed by atoms with Crippen LogP contribution in [-0.4, -0.2) is 23.2 Å². The second-order valence-corrected chi connectivity index (χ2v) is 2.54. The number of carbonyl (C=O) groups is 1. The van der Waals surface area contributed by atoms with Gasteiger partial charge < -0.3 is 15.6 Å². The zero-order valence-electron chi connectivity index (χ0n) is 7.37. The first-order valence-electron chi connectivity index (χ1n) is 3.60. The van der Waals surface area contributed by atoms with Crippen LogP contribution in [0.1, 0.15) is 16.1 Å². The lowest BCUT2D eigenvalue weighted by Gasteiger charge is -2.08. The fourth-order valence-electron chi connectivity index (χ4n) is 1.05. The minimum absolute atomic E-state index is 0.0648. The second kappa shape index (κ2) is 3.30. The number of aromatic carboxylic acids is 1. The molecule has 0 radical (unpaired) electrons. The Bertz CT molecular complexity index is 349. The Labute approximate surface area is 75.2 Å². The molecule has 0 fully saturated rings. The molecule has 1 aromatic heterocycles. The van der Waals surface area contributed by atoms with Gasteiger partial charge in [-0.2, -0.15) is 0 Å². The van der Waals surface area contributed by atoms with Crippen LogP contribution in [0.3, 0.4) is 0 Å². The van der Waals surface area contributed by atoms with Gasteiger partial charge in [-0.15, -0.1) is 0 Å². The fourth-order valence-corrected chi connectivity index (χ4v) is 1.05. The summed E-state index contributed by atoms with van der Waals surface area (Å²) in [7, 11) is 1.43. The topological polar surface area (TPSA) is 85.4 Å². The number of nitrogen functional groups attached to an aromatic ring is 1. The highest BCUT2D eigenvalue weighted by molar-refractivity contribution is 5.93. The van der Waals surface area contributed by atoms with Crippen molar-refractivity contribution in [1.82, 2.24) is 4.98 Å². The second-order valence-electron chi connectivity index (χ2n) is 2.54. The first-order valence-corrected chi connectivity index (χ1v) is 3.60. The maximum absolute atomic E-state index is 10.6. The molecule has 0 saturated heterocycles. The van der Waals surface area contributed by atoms with Crippen molar-refractivity contribution in [2.75, 3.05) is 12.8 Å². The molecule has 0 atom stereocenters. The van der Waals surface area contributed by atoms with E-state index < -0.39 is 5.97 Å². The summed E-state index contributed by atoms with van der Waals surface area (Å²) in [6, 6.07) is 0. The molecule has 5 heteroatoms. The normalized spacial score (nSPS) is 9.69. The maximum atomic E-state index is 10.6. The highest BCUT2D eigenvalue weighted by Crippen LogP contribution is 2.27. The quantitative estimate of drug-likeness (QED) is 0.702. The van der Waals surface area contributed by atoms with Crippen molar-refractivity contribution in [3.63, 3.8) is 0 Å². The number of nitrogens with zero attached hydrogens (tertiary/aromatic N) is 1. The van der Waals surface area contributed by atoms with Gasteiger partial charge in [0.15, 0.2) is 5.69 Å². The molecule has 5 nitrogen and oxygen atoms in total. The van der Waals surface area contributed by atoms with E-state index in [1.165, 1.54) is 13.3 Å². The van der Waals surface area contributed by atoms with E-state index in [0.29, 0.717) is 11.3 Å². The number of carboxylic acids is 1. The molecular formula is C8H10N2O3. The number of nitrogens with two attached hydrogens (primary N) is 1. The van der Waals surface area contributed by atoms with Gasteiger partial charge in [0.1, 0.15) is 11.4 Å². The van der Waals surface area contributed by atoms with Crippen molar-refractivity contribution in [1.29, 1.82) is 0 Å². The SMILES string of the molecule is COc1c(C)cnc(C(=O)O)c1N. The van der Waals surface area contributed by atoms with Crippen molar-refractivity contribution in [3.8, 4) is 5.75 Å². The van der Waals surface area contributed by atoms with Crippen LogP contribution in [0.15, 0.2) is 6.20 Å². The molecule has 13 heavy (non-hydrogen) atoms. The van der Waals surface area contributed by atoms with Crippen molar-refractivity contribution < 1.29 is 14.6 Å². The van der Waals surface area contributed by atoms with E-state index in [0.717, 1.165) is 0 Å². The highest BCUT2D eigenvalue weighted by atomic mass is 16.5. The van der Waals surface area contributed by atoms with Crippen LogP contribution in [0.2, 0.25) is 0 Å². The Morgan fingerprint density at radius 3 is 2.77 bits per heavy atom. The lowest BCUT2D eigenvalue weighted by Crippen LogP contribution is -2.08. The molecule has 0 aliphatic rings. The first kappa shape index (κ1) is 9.31. The van der Waals surface area contributed by atoms with Crippen LogP contribution in [-0.2, 0) is 0 Å². The van der Waals surface area contributed by atoms with Crippen molar-refractivity contribution >= 4 is 11.7 Å². The minimum atomic E-state index is -1.16. The molecular weight excluding hydrogens is 172 g/mol. The van der Waals surface area contributed by atoms with Crippen LogP contribution < -0.4 is 10.5 Å². The Balaban J connectivity index is 3.35. The van der Waals surface area contributed by atoms with Crippen LogP contribution in [0, 0.1) is 6.92 Å². The monoisotopic (exact) mass is 182 g/mol. The number of pyridine rings is 1. The largest absolute Gasteiger partial charge is 0.494 e. The van der Waals surface area contributed by atoms with Gasteiger partial charge in [0.25, 0.3) is 0 Å². The molecule has 0 unspecified atom stereocenters. The van der Waals surface area contributed by atoms with E-state index in [9.17, 15) is 4.79 Å². The van der Waals surface area contributed by atoms with Crippen LogP contribution in [0.5, 0.6) is 5.75 Å². The number of anilines is 1. The van der Waals surface area contributed by atoms with Gasteiger partial charge >= 0.3 is 5.97 Å². The molecule has 1 rings (SSSR count). The summed E-state index contributed by atoms with van der Waals surface area (Å²) in [6.07, 6.45) is 1.42. The van der Waals surface area contributed by atoms with Crippen molar-refractivity contribution in [2.45, 2.75) is 6.92 Å². The predicted molar refractivity (Wildman–Crippen MR) is 46.9 cm³/mol. The lowest BCUT2D eigenvalue weighted by atomic mass is 10.2. The summed E-state index contributed by atoms with van der Waals surface area (Å²) in [6.45, 7) is 1.74. The van der Waals surface area contributed by atoms with Gasteiger partial charge in [-0.1, -0.05) is 0 Å². The number of hydrogen-bond acceptors (Lipinski definition) is 4. The van der Waals surface area contributed by atoms with Crippen LogP contribution in [0.4, 0.5) is 5.69 Å². The maximum Gasteiger partial charge on any atom is 0.356 e. The Kier molecular flexibility index (Phi) is 2.36. The zero-order chi connectivity index (χ0) is 10.0. The van der Waals surface area contributed by atoms with Gasteiger partial charge in [0.2, 0.25) is 0 Å². The summed E-state index contributed by atoms with van der Waals surface area (Å²) in [5.41, 5.74) is 6.13. The van der Waals surface area contributed by atoms with E-state index in [-0.39, 0.29) is 11.4 Å². The smallest absolute Gasteiger partial charge is 0.356 e. The average molecular weight is 182 g/mol. The summed E-state index contributed by atoms with van der Waals surface area (Å²) in [5.74, 6) is -0.789. The minimum Gasteiger partial charge on any atom is -0.494 e. The number of hydrogen-bond donors (Lipinski definition) is 2. The number of carboxylic acid groups (broad SMARTS) is 1.